The van der Waals surface area contributed by atoms with Crippen LogP contribution in [-0.2, 0) is 37.2 Å². The summed E-state index contributed by atoms with van der Waals surface area (Å²) in [6.45, 7) is 3.69. The predicted molar refractivity (Wildman–Crippen MR) is 105 cm³/mol. The largest absolute Gasteiger partial charge is 0.491 e. The summed E-state index contributed by atoms with van der Waals surface area (Å²) in [5, 5.41) is 9.80. The monoisotopic (exact) mass is 404 g/mol. The van der Waals surface area contributed by atoms with Crippen LogP contribution in [0.15, 0.2) is 41.3 Å². The molecule has 0 aromatic heterocycles. The molecule has 0 radical (unpaired) electrons. The smallest absolute Gasteiger partial charge is 0.463 e. The van der Waals surface area contributed by atoms with Gasteiger partial charge in [0.25, 0.3) is 10.0 Å². The molecule has 0 aliphatic carbocycles. The number of anilines is 2. The maximum atomic E-state index is 12.9. The summed E-state index contributed by atoms with van der Waals surface area (Å²) in [5.74, 6) is -0.546. The van der Waals surface area contributed by atoms with E-state index in [1.807, 2.05) is 0 Å². The van der Waals surface area contributed by atoms with Gasteiger partial charge in [-0.3, -0.25) is 9.52 Å². The molecule has 0 saturated carbocycles. The minimum atomic E-state index is -4.01. The van der Waals surface area contributed by atoms with E-state index < -0.39 is 23.1 Å². The lowest BCUT2D eigenvalue weighted by Gasteiger charge is -2.14. The van der Waals surface area contributed by atoms with Gasteiger partial charge in [-0.1, -0.05) is 6.07 Å². The van der Waals surface area contributed by atoms with Crippen molar-refractivity contribution in [2.24, 2.45) is 0 Å². The molecule has 1 aliphatic rings. The molecule has 2 aromatic rings. The third-order valence-electron chi connectivity index (χ3n) is 4.14. The first-order valence-corrected chi connectivity index (χ1v) is 10.2. The van der Waals surface area contributed by atoms with E-state index in [1.165, 1.54) is 24.3 Å². The average Bonchev–Trinajstić information content (AvgIpc) is 2.94. The number of esters is 1. The highest BCUT2D eigenvalue weighted by molar-refractivity contribution is 7.92. The Morgan fingerprint density at radius 1 is 1.32 bits per heavy atom. The highest BCUT2D eigenvalue weighted by Crippen LogP contribution is 2.24. The molecule has 1 heterocycles. The minimum absolute atomic E-state index is 0.0697. The van der Waals surface area contributed by atoms with Crippen LogP contribution < -0.4 is 15.9 Å². The van der Waals surface area contributed by atoms with Gasteiger partial charge in [0.1, 0.15) is 0 Å². The van der Waals surface area contributed by atoms with E-state index in [0.29, 0.717) is 11.2 Å². The second-order valence-corrected chi connectivity index (χ2v) is 8.42. The Labute approximate surface area is 163 Å². The molecule has 0 unspecified atom stereocenters. The van der Waals surface area contributed by atoms with E-state index in [0.717, 1.165) is 5.56 Å². The Hall–Kier alpha value is -2.56. The number of sulfonamides is 1. The van der Waals surface area contributed by atoms with Crippen molar-refractivity contribution >= 4 is 39.9 Å². The molecule has 1 aliphatic heterocycles. The number of carbonyl (C=O) groups is 1. The summed E-state index contributed by atoms with van der Waals surface area (Å²) < 4.78 is 38.5. The number of fused-ring (bicyclic) bond motifs is 1. The summed E-state index contributed by atoms with van der Waals surface area (Å²) in [6.07, 6.45) is -0.539. The molecular weight excluding hydrogens is 383 g/mol. The number of benzene rings is 2. The van der Waals surface area contributed by atoms with E-state index in [4.69, 9.17) is 15.1 Å². The summed E-state index contributed by atoms with van der Waals surface area (Å²) in [4.78, 5) is 11.9. The van der Waals surface area contributed by atoms with Crippen molar-refractivity contribution in [2.75, 3.05) is 10.5 Å². The standard InChI is InChI=1S/C18H21BN2O6S/c1-11(2)27-18(22)8-13-7-14(20)4-6-17(13)28(24,25)21-15-5-3-12-10-26-19(23)16(12)9-15/h3-7,9,11,21,23H,8,10,20H2,1-2H3. The lowest BCUT2D eigenvalue weighted by atomic mass is 9.79. The molecule has 8 nitrogen and oxygen atoms in total. The average molecular weight is 404 g/mol. The Balaban J connectivity index is 1.89. The van der Waals surface area contributed by atoms with Gasteiger partial charge in [0.2, 0.25) is 0 Å². The molecule has 28 heavy (non-hydrogen) atoms. The van der Waals surface area contributed by atoms with Gasteiger partial charge in [-0.2, -0.15) is 0 Å². The maximum Gasteiger partial charge on any atom is 0.491 e. The number of nitrogen functional groups attached to an aromatic ring is 1. The molecule has 0 saturated heterocycles. The van der Waals surface area contributed by atoms with Gasteiger partial charge in [-0.15, -0.1) is 0 Å². The number of ether oxygens (including phenoxy) is 1. The SMILES string of the molecule is CC(C)OC(=O)Cc1cc(N)ccc1S(=O)(=O)Nc1ccc2c(c1)B(O)OC2. The van der Waals surface area contributed by atoms with E-state index in [-0.39, 0.29) is 35.3 Å². The third kappa shape index (κ3) is 4.46. The molecule has 3 rings (SSSR count). The van der Waals surface area contributed by atoms with E-state index in [9.17, 15) is 18.2 Å². The lowest BCUT2D eigenvalue weighted by Crippen LogP contribution is -2.28. The predicted octanol–water partition coefficient (Wildman–Crippen LogP) is 0.781. The molecule has 0 amide bonds. The zero-order valence-corrected chi connectivity index (χ0v) is 16.3. The van der Waals surface area contributed by atoms with Crippen molar-refractivity contribution in [3.63, 3.8) is 0 Å². The van der Waals surface area contributed by atoms with Crippen LogP contribution in [0.1, 0.15) is 25.0 Å². The van der Waals surface area contributed by atoms with E-state index in [1.54, 1.807) is 26.0 Å². The summed E-state index contributed by atoms with van der Waals surface area (Å²) >= 11 is 0. The number of nitrogens with one attached hydrogen (secondary N) is 1. The number of hydrogen-bond donors (Lipinski definition) is 3. The molecule has 0 bridgehead atoms. The number of nitrogens with two attached hydrogens (primary N) is 1. The van der Waals surface area contributed by atoms with Crippen LogP contribution in [0.3, 0.4) is 0 Å². The van der Waals surface area contributed by atoms with Gasteiger partial charge in [0.15, 0.2) is 0 Å². The van der Waals surface area contributed by atoms with Crippen molar-refractivity contribution in [1.29, 1.82) is 0 Å². The first kappa shape index (κ1) is 20.2. The molecule has 0 fully saturated rings. The van der Waals surface area contributed by atoms with Gasteiger partial charge < -0.3 is 20.1 Å². The van der Waals surface area contributed by atoms with Crippen LogP contribution in [0.5, 0.6) is 0 Å². The van der Waals surface area contributed by atoms with Gasteiger partial charge in [0, 0.05) is 11.4 Å². The fourth-order valence-electron chi connectivity index (χ4n) is 2.95. The summed E-state index contributed by atoms with van der Waals surface area (Å²) in [5.41, 5.74) is 7.92. The molecule has 4 N–H and O–H groups in total. The van der Waals surface area contributed by atoms with Crippen molar-refractivity contribution in [1.82, 2.24) is 0 Å². The summed E-state index contributed by atoms with van der Waals surface area (Å²) in [6, 6.07) is 9.03. The number of carbonyl (C=O) groups excluding carboxylic acids is 1. The minimum Gasteiger partial charge on any atom is -0.463 e. The quantitative estimate of drug-likeness (QED) is 0.369. The van der Waals surface area contributed by atoms with Crippen molar-refractivity contribution < 1.29 is 27.6 Å². The topological polar surface area (TPSA) is 128 Å². The van der Waals surface area contributed by atoms with Crippen LogP contribution in [0, 0.1) is 0 Å². The Kier molecular flexibility index (Phi) is 5.64. The molecule has 2 aromatic carbocycles. The highest BCUT2D eigenvalue weighted by atomic mass is 32.2. The van der Waals surface area contributed by atoms with Gasteiger partial charge in [-0.25, -0.2) is 8.42 Å². The van der Waals surface area contributed by atoms with Crippen molar-refractivity contribution in [3.05, 3.63) is 47.5 Å². The van der Waals surface area contributed by atoms with E-state index in [2.05, 4.69) is 4.72 Å². The third-order valence-corrected chi connectivity index (χ3v) is 5.62. The molecule has 0 spiro atoms. The lowest BCUT2D eigenvalue weighted by molar-refractivity contribution is -0.146. The van der Waals surface area contributed by atoms with Crippen LogP contribution in [0.25, 0.3) is 0 Å². The first-order valence-electron chi connectivity index (χ1n) is 8.69. The van der Waals surface area contributed by atoms with Crippen LogP contribution in [0.2, 0.25) is 0 Å². The zero-order chi connectivity index (χ0) is 20.5. The normalized spacial score (nSPS) is 13.5. The Morgan fingerprint density at radius 3 is 2.79 bits per heavy atom. The molecule has 10 heteroatoms. The Morgan fingerprint density at radius 2 is 2.07 bits per heavy atom. The van der Waals surface area contributed by atoms with Crippen LogP contribution in [-0.4, -0.2) is 32.6 Å². The second kappa shape index (κ2) is 7.82. The molecule has 0 atom stereocenters. The van der Waals surface area contributed by atoms with Crippen molar-refractivity contribution in [2.45, 2.75) is 37.9 Å². The Bertz CT molecular complexity index is 1010. The maximum absolute atomic E-state index is 12.9. The van der Waals surface area contributed by atoms with Gasteiger partial charge >= 0.3 is 13.1 Å². The highest BCUT2D eigenvalue weighted by Gasteiger charge is 2.28. The van der Waals surface area contributed by atoms with Crippen LogP contribution >= 0.6 is 0 Å². The first-order chi connectivity index (χ1) is 13.2. The fraction of sp³-hybridized carbons (Fsp3) is 0.278. The fourth-order valence-corrected chi connectivity index (χ4v) is 4.22. The summed E-state index contributed by atoms with van der Waals surface area (Å²) in [7, 11) is -5.09. The molecule has 148 valence electrons. The number of rotatable bonds is 6. The van der Waals surface area contributed by atoms with Crippen molar-refractivity contribution in [3.8, 4) is 0 Å². The number of hydrogen-bond acceptors (Lipinski definition) is 7. The van der Waals surface area contributed by atoms with E-state index >= 15 is 0 Å². The van der Waals surface area contributed by atoms with Gasteiger partial charge in [0.05, 0.1) is 24.0 Å². The molecular formula is C18H21BN2O6S. The zero-order valence-electron chi connectivity index (χ0n) is 15.5. The van der Waals surface area contributed by atoms with Gasteiger partial charge in [-0.05, 0) is 60.8 Å². The second-order valence-electron chi connectivity index (χ2n) is 6.77. The van der Waals surface area contributed by atoms with Crippen LogP contribution in [0.4, 0.5) is 11.4 Å².